The predicted octanol–water partition coefficient (Wildman–Crippen LogP) is 6.00. The summed E-state index contributed by atoms with van der Waals surface area (Å²) in [6, 6.07) is 13.5. The molecule has 47 heavy (non-hydrogen) atoms. The number of halogens is 3. The Hall–Kier alpha value is -4.17. The number of amides is 1. The van der Waals surface area contributed by atoms with Gasteiger partial charge in [0.1, 0.15) is 5.75 Å². The molecule has 11 nitrogen and oxygen atoms in total. The Morgan fingerprint density at radius 3 is 2.45 bits per heavy atom. The first-order valence-corrected chi connectivity index (χ1v) is 15.7. The monoisotopic (exact) mass is 659 g/mol. The fourth-order valence-electron chi connectivity index (χ4n) is 5.16. The number of benzene rings is 2. The van der Waals surface area contributed by atoms with E-state index in [0.29, 0.717) is 36.8 Å². The summed E-state index contributed by atoms with van der Waals surface area (Å²) >= 11 is 0. The number of hydrogen-bond acceptors (Lipinski definition) is 10. The Morgan fingerprint density at radius 1 is 1.00 bits per heavy atom. The summed E-state index contributed by atoms with van der Waals surface area (Å²) in [7, 11) is 3.97. The van der Waals surface area contributed by atoms with Crippen molar-refractivity contribution < 1.29 is 32.2 Å². The van der Waals surface area contributed by atoms with Gasteiger partial charge < -0.3 is 35.1 Å². The van der Waals surface area contributed by atoms with E-state index in [2.05, 4.69) is 49.6 Å². The molecule has 1 atom stereocenters. The maximum atomic E-state index is 13.3. The first-order chi connectivity index (χ1) is 22.4. The van der Waals surface area contributed by atoms with Crippen LogP contribution in [0.4, 0.5) is 30.8 Å². The summed E-state index contributed by atoms with van der Waals surface area (Å²) in [6.45, 7) is 5.01. The molecular formula is C33H44F3N7O4. The fraction of sp³-hybridized carbons (Fsp3) is 0.515. The minimum Gasteiger partial charge on any atom is -0.493 e. The van der Waals surface area contributed by atoms with Crippen LogP contribution >= 0.6 is 0 Å². The summed E-state index contributed by atoms with van der Waals surface area (Å²) in [5.74, 6) is -0.000252. The van der Waals surface area contributed by atoms with E-state index in [4.69, 9.17) is 14.2 Å². The average Bonchev–Trinajstić information content (AvgIpc) is 3.00. The zero-order chi connectivity index (χ0) is 33.9. The Morgan fingerprint density at radius 2 is 1.72 bits per heavy atom. The highest BCUT2D eigenvalue weighted by Crippen LogP contribution is 2.28. The van der Waals surface area contributed by atoms with E-state index < -0.39 is 24.8 Å². The summed E-state index contributed by atoms with van der Waals surface area (Å²) in [6.07, 6.45) is -1.13. The van der Waals surface area contributed by atoms with Crippen LogP contribution in [0, 0.1) is 5.41 Å². The van der Waals surface area contributed by atoms with Crippen molar-refractivity contribution in [2.24, 2.45) is 5.41 Å². The maximum absolute atomic E-state index is 13.3. The fourth-order valence-corrected chi connectivity index (χ4v) is 5.16. The highest BCUT2D eigenvalue weighted by atomic mass is 19.4. The lowest BCUT2D eigenvalue weighted by Gasteiger charge is -2.28. The van der Waals surface area contributed by atoms with Crippen molar-refractivity contribution in [1.29, 1.82) is 0 Å². The van der Waals surface area contributed by atoms with E-state index in [9.17, 15) is 18.0 Å². The first-order valence-electron chi connectivity index (χ1n) is 15.7. The number of carbonyl (C=O) groups excluding carboxylic acids is 1. The molecule has 14 heteroatoms. The van der Waals surface area contributed by atoms with Gasteiger partial charge in [0.05, 0.1) is 24.8 Å². The van der Waals surface area contributed by atoms with Crippen LogP contribution in [0.15, 0.2) is 48.5 Å². The van der Waals surface area contributed by atoms with Crippen LogP contribution in [0.2, 0.25) is 0 Å². The third kappa shape index (κ3) is 12.2. The van der Waals surface area contributed by atoms with Gasteiger partial charge in [-0.3, -0.25) is 4.79 Å². The summed E-state index contributed by atoms with van der Waals surface area (Å²) in [5, 5.41) is 9.21. The Labute approximate surface area is 273 Å². The zero-order valence-electron chi connectivity index (χ0n) is 27.3. The average molecular weight is 660 g/mol. The molecule has 0 saturated heterocycles. The summed E-state index contributed by atoms with van der Waals surface area (Å²) in [5.41, 5.74) is 1.53. The summed E-state index contributed by atoms with van der Waals surface area (Å²) in [4.78, 5) is 28.0. The van der Waals surface area contributed by atoms with Crippen LogP contribution < -0.4 is 25.4 Å². The van der Waals surface area contributed by atoms with Gasteiger partial charge in [0.15, 0.2) is 6.61 Å². The van der Waals surface area contributed by atoms with Crippen molar-refractivity contribution >= 4 is 23.5 Å². The lowest BCUT2D eigenvalue weighted by molar-refractivity contribution is -0.154. The highest BCUT2D eigenvalue weighted by Gasteiger charge is 2.29. The van der Waals surface area contributed by atoms with Crippen LogP contribution in [0.5, 0.6) is 11.8 Å². The third-order valence-electron chi connectivity index (χ3n) is 7.16. The van der Waals surface area contributed by atoms with Gasteiger partial charge in [0.25, 0.3) is 5.91 Å². The van der Waals surface area contributed by atoms with Gasteiger partial charge in [-0.2, -0.15) is 28.1 Å². The molecule has 0 saturated carbocycles. The minimum atomic E-state index is -4.59. The molecule has 2 aromatic carbocycles. The Balaban J connectivity index is 1.65. The van der Waals surface area contributed by atoms with E-state index in [1.807, 2.05) is 44.4 Å². The van der Waals surface area contributed by atoms with Crippen LogP contribution in [-0.4, -0.2) is 85.5 Å². The number of rotatable bonds is 8. The SMILES string of the molecule is CN(C)CC(C)(C)CNC(=O)c1ccc2cc1OCCCCCCOCC(c1ccccc1)Nc1nc(nc(OCC(F)(F)F)n1)N2. The van der Waals surface area contributed by atoms with Crippen molar-refractivity contribution in [2.45, 2.75) is 51.7 Å². The molecule has 1 aliphatic rings. The normalized spacial score (nSPS) is 16.6. The molecule has 3 aromatic rings. The number of anilines is 3. The topological polar surface area (TPSA) is 123 Å². The van der Waals surface area contributed by atoms with Crippen LogP contribution in [0.25, 0.3) is 0 Å². The second-order valence-corrected chi connectivity index (χ2v) is 12.5. The standard InChI is InChI=1S/C33H44F3N7O4/c1-32(2,21-43(3)4)20-37-28(44)25-15-14-24-18-27(25)46-17-11-6-5-10-16-45-19-26(23-12-8-7-9-13-23)39-30-40-29(38-24)41-31(42-30)47-22-33(34,35)36/h7-9,12-15,18,26H,5-6,10-11,16-17,19-22H2,1-4H3,(H,37,44)(H2,38,39,40,41,42). The van der Waals surface area contributed by atoms with Crippen LogP contribution in [0.3, 0.4) is 0 Å². The molecule has 1 unspecified atom stereocenters. The number of alkyl halides is 3. The molecule has 1 aliphatic heterocycles. The number of fused-ring (bicyclic) bond motifs is 4. The minimum absolute atomic E-state index is 0.00828. The molecule has 4 rings (SSSR count). The van der Waals surface area contributed by atoms with Crippen molar-refractivity contribution in [3.05, 3.63) is 59.7 Å². The van der Waals surface area contributed by atoms with Crippen LogP contribution in [-0.2, 0) is 4.74 Å². The molecule has 1 amide bonds. The molecular weight excluding hydrogens is 615 g/mol. The molecule has 3 N–H and O–H groups in total. The van der Waals surface area contributed by atoms with E-state index in [1.165, 1.54) is 0 Å². The molecule has 4 bridgehead atoms. The number of nitrogens with one attached hydrogen (secondary N) is 3. The van der Waals surface area contributed by atoms with Crippen LogP contribution in [0.1, 0.15) is 61.5 Å². The van der Waals surface area contributed by atoms with Gasteiger partial charge in [-0.25, -0.2) is 0 Å². The smallest absolute Gasteiger partial charge is 0.422 e. The molecule has 0 aliphatic carbocycles. The molecule has 0 radical (unpaired) electrons. The predicted molar refractivity (Wildman–Crippen MR) is 173 cm³/mol. The van der Waals surface area contributed by atoms with E-state index in [1.54, 1.807) is 18.2 Å². The first kappa shape index (κ1) is 35.7. The highest BCUT2D eigenvalue weighted by molar-refractivity contribution is 5.97. The molecule has 0 fully saturated rings. The number of nitrogens with zero attached hydrogens (tertiary/aromatic N) is 4. The maximum Gasteiger partial charge on any atom is 0.422 e. The Bertz CT molecular complexity index is 1440. The lowest BCUT2D eigenvalue weighted by atomic mass is 9.93. The van der Waals surface area contributed by atoms with Crippen molar-refractivity contribution in [3.63, 3.8) is 0 Å². The van der Waals surface area contributed by atoms with Crippen molar-refractivity contribution in [3.8, 4) is 11.8 Å². The third-order valence-corrected chi connectivity index (χ3v) is 7.16. The van der Waals surface area contributed by atoms with E-state index in [0.717, 1.165) is 37.8 Å². The largest absolute Gasteiger partial charge is 0.493 e. The van der Waals surface area contributed by atoms with Gasteiger partial charge in [-0.1, -0.05) is 50.6 Å². The van der Waals surface area contributed by atoms with E-state index >= 15 is 0 Å². The van der Waals surface area contributed by atoms with Gasteiger partial charge in [0.2, 0.25) is 11.9 Å². The molecule has 2 heterocycles. The van der Waals surface area contributed by atoms with Gasteiger partial charge in [-0.05, 0) is 56.5 Å². The number of carbonyl (C=O) groups is 1. The zero-order valence-corrected chi connectivity index (χ0v) is 27.3. The summed E-state index contributed by atoms with van der Waals surface area (Å²) < 4.78 is 56.1. The molecule has 256 valence electrons. The number of ether oxygens (including phenoxy) is 3. The van der Waals surface area contributed by atoms with Crippen molar-refractivity contribution in [2.75, 3.05) is 64.2 Å². The van der Waals surface area contributed by atoms with Crippen molar-refractivity contribution in [1.82, 2.24) is 25.2 Å². The second-order valence-electron chi connectivity index (χ2n) is 12.5. The van der Waals surface area contributed by atoms with Gasteiger partial charge in [-0.15, -0.1) is 0 Å². The quantitative estimate of drug-likeness (QED) is 0.266. The molecule has 0 spiro atoms. The van der Waals surface area contributed by atoms with Gasteiger partial charge in [0, 0.05) is 31.5 Å². The molecule has 1 aromatic heterocycles. The lowest BCUT2D eigenvalue weighted by Crippen LogP contribution is -2.40. The number of aromatic nitrogens is 3. The second kappa shape index (κ2) is 16.6. The Kier molecular flexibility index (Phi) is 12.6. The number of hydrogen-bond donors (Lipinski definition) is 3. The van der Waals surface area contributed by atoms with Gasteiger partial charge >= 0.3 is 12.2 Å². The van der Waals surface area contributed by atoms with E-state index in [-0.39, 0.29) is 29.8 Å².